The topological polar surface area (TPSA) is 73.0 Å². The predicted molar refractivity (Wildman–Crippen MR) is 121 cm³/mol. The molecule has 1 atom stereocenters. The van der Waals surface area contributed by atoms with Gasteiger partial charge >= 0.3 is 6.16 Å². The van der Waals surface area contributed by atoms with Crippen LogP contribution in [0.5, 0.6) is 11.5 Å². The molecule has 7 heteroatoms. The molecule has 7 nitrogen and oxygen atoms in total. The molecular weight excluding hydrogens is 420 g/mol. The van der Waals surface area contributed by atoms with Gasteiger partial charge in [0.15, 0.2) is 11.5 Å². The lowest BCUT2D eigenvalue weighted by molar-refractivity contribution is -0.152. The third kappa shape index (κ3) is 3.66. The summed E-state index contributed by atoms with van der Waals surface area (Å²) in [6.07, 6.45) is 0.0102. The number of ether oxygens (including phenoxy) is 3. The normalized spacial score (nSPS) is 17.0. The van der Waals surface area contributed by atoms with Crippen molar-refractivity contribution >= 4 is 17.1 Å². The molecule has 3 heterocycles. The van der Waals surface area contributed by atoms with E-state index in [2.05, 4.69) is 17.1 Å². The lowest BCUT2D eigenvalue weighted by Crippen LogP contribution is -2.38. The quantitative estimate of drug-likeness (QED) is 0.443. The van der Waals surface area contributed by atoms with Crippen LogP contribution in [0.2, 0.25) is 0 Å². The lowest BCUT2D eigenvalue weighted by atomic mass is 9.93. The second kappa shape index (κ2) is 8.18. The number of hydroxylamine groups is 2. The zero-order valence-electron chi connectivity index (χ0n) is 17.8. The molecule has 1 aromatic heterocycles. The smallest absolute Gasteiger partial charge is 0.454 e. The molecule has 1 N–H and O–H groups in total. The van der Waals surface area contributed by atoms with E-state index in [1.807, 2.05) is 60.7 Å². The van der Waals surface area contributed by atoms with E-state index in [9.17, 15) is 4.79 Å². The van der Waals surface area contributed by atoms with Crippen LogP contribution in [0.15, 0.2) is 72.8 Å². The monoisotopic (exact) mass is 442 g/mol. The van der Waals surface area contributed by atoms with Crippen molar-refractivity contribution in [3.05, 3.63) is 95.2 Å². The fourth-order valence-corrected chi connectivity index (χ4v) is 4.57. The number of H-pyrrole nitrogens is 1. The molecule has 33 heavy (non-hydrogen) atoms. The number of para-hydroxylation sites is 1. The van der Waals surface area contributed by atoms with Gasteiger partial charge in [-0.2, -0.15) is 0 Å². The van der Waals surface area contributed by atoms with Gasteiger partial charge in [-0.15, -0.1) is 5.06 Å². The van der Waals surface area contributed by atoms with E-state index in [1.54, 1.807) is 5.06 Å². The fraction of sp³-hybridized carbons (Fsp3) is 0.192. The molecule has 0 saturated carbocycles. The summed E-state index contributed by atoms with van der Waals surface area (Å²) in [6.45, 7) is 0.890. The van der Waals surface area contributed by atoms with Crippen LogP contribution >= 0.6 is 0 Å². The van der Waals surface area contributed by atoms with Gasteiger partial charge in [0.2, 0.25) is 6.79 Å². The Balaban J connectivity index is 1.32. The Labute approximate surface area is 190 Å². The average Bonchev–Trinajstić information content (AvgIpc) is 3.47. The van der Waals surface area contributed by atoms with Gasteiger partial charge in [0.1, 0.15) is 12.6 Å². The Hall–Kier alpha value is -3.97. The van der Waals surface area contributed by atoms with Crippen molar-refractivity contribution in [3.63, 3.8) is 0 Å². The minimum Gasteiger partial charge on any atom is -0.454 e. The number of benzene rings is 3. The molecule has 0 aliphatic carbocycles. The van der Waals surface area contributed by atoms with E-state index >= 15 is 0 Å². The number of hydrogen-bond acceptors (Lipinski definition) is 6. The summed E-state index contributed by atoms with van der Waals surface area (Å²) in [5, 5.41) is 2.87. The molecule has 166 valence electrons. The van der Waals surface area contributed by atoms with Gasteiger partial charge in [-0.1, -0.05) is 54.6 Å². The van der Waals surface area contributed by atoms with Crippen molar-refractivity contribution in [3.8, 4) is 11.5 Å². The lowest BCUT2D eigenvalue weighted by Gasteiger charge is -2.33. The Morgan fingerprint density at radius 1 is 1.00 bits per heavy atom. The molecule has 3 aromatic carbocycles. The molecule has 1 unspecified atom stereocenters. The molecular formula is C26H22N2O5. The molecule has 0 radical (unpaired) electrons. The van der Waals surface area contributed by atoms with Crippen LogP contribution in [0.25, 0.3) is 10.9 Å². The second-order valence-electron chi connectivity index (χ2n) is 8.08. The van der Waals surface area contributed by atoms with E-state index < -0.39 is 6.16 Å². The number of aromatic amines is 1. The van der Waals surface area contributed by atoms with E-state index in [-0.39, 0.29) is 19.4 Å². The minimum absolute atomic E-state index is 0.153. The van der Waals surface area contributed by atoms with Crippen molar-refractivity contribution in [2.75, 3.05) is 13.3 Å². The number of carbonyl (C=O) groups excluding carboxylic acids is 1. The van der Waals surface area contributed by atoms with Gasteiger partial charge < -0.3 is 24.0 Å². The number of hydrogen-bond donors (Lipinski definition) is 1. The summed E-state index contributed by atoms with van der Waals surface area (Å²) in [5.41, 5.74) is 5.12. The molecule has 0 bridgehead atoms. The summed E-state index contributed by atoms with van der Waals surface area (Å²) in [5.74, 6) is 1.39. The largest absolute Gasteiger partial charge is 0.528 e. The predicted octanol–water partition coefficient (Wildman–Crippen LogP) is 5.11. The molecule has 2 aliphatic rings. The van der Waals surface area contributed by atoms with Crippen LogP contribution < -0.4 is 9.47 Å². The van der Waals surface area contributed by atoms with Gasteiger partial charge in [0.05, 0.1) is 0 Å². The van der Waals surface area contributed by atoms with Crippen LogP contribution in [0.3, 0.4) is 0 Å². The fourth-order valence-electron chi connectivity index (χ4n) is 4.57. The number of carbonyl (C=O) groups is 1. The average molecular weight is 442 g/mol. The third-order valence-electron chi connectivity index (χ3n) is 6.09. The zero-order valence-corrected chi connectivity index (χ0v) is 17.8. The Morgan fingerprint density at radius 3 is 2.73 bits per heavy atom. The van der Waals surface area contributed by atoms with E-state index in [4.69, 9.17) is 19.0 Å². The van der Waals surface area contributed by atoms with Gasteiger partial charge in [-0.25, -0.2) is 4.79 Å². The van der Waals surface area contributed by atoms with Crippen molar-refractivity contribution in [1.29, 1.82) is 0 Å². The van der Waals surface area contributed by atoms with E-state index in [0.29, 0.717) is 18.0 Å². The Bertz CT molecular complexity index is 1320. The maximum absolute atomic E-state index is 12.6. The molecule has 4 aromatic rings. The summed E-state index contributed by atoms with van der Waals surface area (Å²) >= 11 is 0. The number of rotatable bonds is 4. The summed E-state index contributed by atoms with van der Waals surface area (Å²) < 4.78 is 16.5. The molecule has 2 aliphatic heterocycles. The van der Waals surface area contributed by atoms with Gasteiger partial charge in [-0.3, -0.25) is 0 Å². The first kappa shape index (κ1) is 19.7. The van der Waals surface area contributed by atoms with E-state index in [1.165, 1.54) is 10.9 Å². The van der Waals surface area contributed by atoms with E-state index in [0.717, 1.165) is 28.8 Å². The highest BCUT2D eigenvalue weighted by Crippen LogP contribution is 2.42. The molecule has 0 fully saturated rings. The number of fused-ring (bicyclic) bond motifs is 4. The Kier molecular flexibility index (Phi) is 4.88. The SMILES string of the molecule is O=C(OCc1ccccc1)ON1CCc2c([nH]c3ccccc23)C1c1ccc2c(c1)OCO2. The first-order valence-electron chi connectivity index (χ1n) is 10.9. The van der Waals surface area contributed by atoms with Crippen LogP contribution in [-0.2, 0) is 22.6 Å². The first-order chi connectivity index (χ1) is 16.3. The summed E-state index contributed by atoms with van der Waals surface area (Å²) in [7, 11) is 0. The van der Waals surface area contributed by atoms with Crippen LogP contribution in [-0.4, -0.2) is 29.5 Å². The highest BCUT2D eigenvalue weighted by atomic mass is 16.8. The van der Waals surface area contributed by atoms with Crippen molar-refractivity contribution < 1.29 is 23.8 Å². The van der Waals surface area contributed by atoms with Crippen molar-refractivity contribution in [2.45, 2.75) is 19.1 Å². The van der Waals surface area contributed by atoms with Gasteiger partial charge in [-0.05, 0) is 41.3 Å². The molecule has 0 amide bonds. The number of nitrogens with zero attached hydrogens (tertiary/aromatic N) is 1. The van der Waals surface area contributed by atoms with Crippen LogP contribution in [0.1, 0.15) is 28.4 Å². The first-order valence-corrected chi connectivity index (χ1v) is 10.9. The zero-order chi connectivity index (χ0) is 22.2. The van der Waals surface area contributed by atoms with Crippen molar-refractivity contribution in [2.24, 2.45) is 0 Å². The van der Waals surface area contributed by atoms with Gasteiger partial charge in [0.25, 0.3) is 0 Å². The Morgan fingerprint density at radius 2 is 1.82 bits per heavy atom. The van der Waals surface area contributed by atoms with Gasteiger partial charge in [0, 0.05) is 23.1 Å². The summed E-state index contributed by atoms with van der Waals surface area (Å²) in [4.78, 5) is 21.9. The highest BCUT2D eigenvalue weighted by molar-refractivity contribution is 5.85. The number of aromatic nitrogens is 1. The molecule has 6 rings (SSSR count). The summed E-state index contributed by atoms with van der Waals surface area (Å²) in [6, 6.07) is 23.2. The maximum Gasteiger partial charge on any atom is 0.528 e. The van der Waals surface area contributed by atoms with Crippen LogP contribution in [0, 0.1) is 0 Å². The molecule has 0 spiro atoms. The highest BCUT2D eigenvalue weighted by Gasteiger charge is 2.35. The number of nitrogens with one attached hydrogen (secondary N) is 1. The standard InChI is InChI=1S/C26H22N2O5/c29-26(30-15-17-6-2-1-3-7-17)33-28-13-12-20-19-8-4-5-9-21(19)27-24(20)25(28)18-10-11-22-23(14-18)32-16-31-22/h1-11,14,25,27H,12-13,15-16H2. The third-order valence-corrected chi connectivity index (χ3v) is 6.09. The van der Waals surface area contributed by atoms with Crippen LogP contribution in [0.4, 0.5) is 4.79 Å². The molecule has 0 saturated heterocycles. The maximum atomic E-state index is 12.6. The minimum atomic E-state index is -0.732. The second-order valence-corrected chi connectivity index (χ2v) is 8.08. The van der Waals surface area contributed by atoms with Crippen molar-refractivity contribution in [1.82, 2.24) is 10.0 Å².